The van der Waals surface area contributed by atoms with Gasteiger partial charge in [0.2, 0.25) is 11.9 Å². The van der Waals surface area contributed by atoms with Crippen molar-refractivity contribution in [3.63, 3.8) is 0 Å². The zero-order chi connectivity index (χ0) is 49.8. The Hall–Kier alpha value is -10.4. The molecule has 11 aromatic carbocycles. The van der Waals surface area contributed by atoms with E-state index in [1.807, 2.05) is 0 Å². The van der Waals surface area contributed by atoms with Crippen LogP contribution in [0, 0.1) is 0 Å². The van der Waals surface area contributed by atoms with Gasteiger partial charge in [0.1, 0.15) is 0 Å². The minimum absolute atomic E-state index is 0.518. The Kier molecular flexibility index (Phi) is 9.20. The van der Waals surface area contributed by atoms with E-state index in [1.165, 1.54) is 21.9 Å². The Bertz CT molecular complexity index is 4720. The number of benzene rings is 11. The van der Waals surface area contributed by atoms with Gasteiger partial charge in [-0.3, -0.25) is 9.13 Å². The van der Waals surface area contributed by atoms with E-state index in [0.717, 1.165) is 105 Å². The molecule has 0 radical (unpaired) electrons. The summed E-state index contributed by atoms with van der Waals surface area (Å²) in [6, 6.07) is 93.2. The topological polar surface area (TPSA) is 58.4 Å². The molecule has 5 heterocycles. The number of para-hydroxylation sites is 6. The van der Waals surface area contributed by atoms with Crippen LogP contribution in [0.15, 0.2) is 261 Å². The summed E-state index contributed by atoms with van der Waals surface area (Å²) in [4.78, 5) is 17.0. The molecular weight excluding hydrogens is 927 g/mol. The predicted octanol–water partition coefficient (Wildman–Crippen LogP) is 17.3. The first-order valence-electron chi connectivity index (χ1n) is 25.8. The van der Waals surface area contributed by atoms with E-state index in [-0.39, 0.29) is 0 Å². The first kappa shape index (κ1) is 42.2. The minimum Gasteiger partial charge on any atom is -0.307 e. The highest BCUT2D eigenvalue weighted by Gasteiger charge is 2.26. The van der Waals surface area contributed by atoms with Crippen molar-refractivity contribution in [1.82, 2.24) is 33.2 Å². The Morgan fingerprint density at radius 2 is 0.526 bits per heavy atom. The van der Waals surface area contributed by atoms with Crippen LogP contribution in [0.25, 0.3) is 144 Å². The molecule has 0 bridgehead atoms. The number of fused-ring (bicyclic) bond motifs is 14. The molecule has 354 valence electrons. The SMILES string of the molecule is c1ccc(-c2cccc(-c3ccc(-c4nc(-n5c6ccccc6c6ccc7c8ccccc8n(-c8ccccc8)c7c65)nc(-n5c6ccccc6c6ccc7c8ccccc8n(-c8ccccc8)c7c65)n4)cc3)c2)cc1. The van der Waals surface area contributed by atoms with Gasteiger partial charge in [0.15, 0.2) is 5.82 Å². The van der Waals surface area contributed by atoms with Crippen LogP contribution in [0.1, 0.15) is 0 Å². The molecule has 0 saturated carbocycles. The fraction of sp³-hybridized carbons (Fsp3) is 0. The van der Waals surface area contributed by atoms with Gasteiger partial charge in [-0.15, -0.1) is 0 Å². The van der Waals surface area contributed by atoms with Gasteiger partial charge < -0.3 is 9.13 Å². The van der Waals surface area contributed by atoms with Gasteiger partial charge in [-0.05, 0) is 76.9 Å². The number of aromatic nitrogens is 7. The maximum atomic E-state index is 5.76. The summed E-state index contributed by atoms with van der Waals surface area (Å²) in [5.41, 5.74) is 16.1. The van der Waals surface area contributed by atoms with Crippen molar-refractivity contribution in [2.75, 3.05) is 0 Å². The van der Waals surface area contributed by atoms with Crippen molar-refractivity contribution in [3.8, 4) is 56.9 Å². The minimum atomic E-state index is 0.518. The van der Waals surface area contributed by atoms with Crippen molar-refractivity contribution in [3.05, 3.63) is 261 Å². The van der Waals surface area contributed by atoms with Crippen LogP contribution in [0.4, 0.5) is 0 Å². The molecule has 0 unspecified atom stereocenters. The molecule has 0 N–H and O–H groups in total. The zero-order valence-electron chi connectivity index (χ0n) is 41.0. The number of rotatable bonds is 7. The summed E-state index contributed by atoms with van der Waals surface area (Å²) in [7, 11) is 0. The standard InChI is InChI=1S/C69H43N7/c1-4-19-44(20-5-1)47-21-18-22-48(43-47)45-35-37-46(38-36-45)67-70-68(75-61-33-16-12-29-53(61)57-41-39-55-51-27-10-14-31-59(51)73(63(55)65(57)75)49-23-6-2-7-24-49)72-69(71-67)76-62-34-17-13-30-54(62)58-42-40-56-52-28-11-15-32-60(52)74(64(56)66(58)76)50-25-8-3-9-26-50/h1-43H. The van der Waals surface area contributed by atoms with E-state index >= 15 is 0 Å². The Morgan fingerprint density at radius 1 is 0.211 bits per heavy atom. The quantitative estimate of drug-likeness (QED) is 0.160. The van der Waals surface area contributed by atoms with Gasteiger partial charge in [-0.1, -0.05) is 206 Å². The van der Waals surface area contributed by atoms with E-state index in [0.29, 0.717) is 17.7 Å². The van der Waals surface area contributed by atoms with Crippen molar-refractivity contribution in [1.29, 1.82) is 0 Å². The lowest BCUT2D eigenvalue weighted by atomic mass is 9.98. The smallest absolute Gasteiger partial charge is 0.240 e. The average molecular weight is 970 g/mol. The summed E-state index contributed by atoms with van der Waals surface area (Å²) < 4.78 is 9.38. The predicted molar refractivity (Wildman–Crippen MR) is 313 cm³/mol. The Labute approximate surface area is 436 Å². The molecule has 7 nitrogen and oxygen atoms in total. The van der Waals surface area contributed by atoms with E-state index in [2.05, 4.69) is 279 Å². The molecule has 0 aliphatic rings. The van der Waals surface area contributed by atoms with Crippen LogP contribution in [0.2, 0.25) is 0 Å². The van der Waals surface area contributed by atoms with Gasteiger partial charge >= 0.3 is 0 Å². The summed E-state index contributed by atoms with van der Waals surface area (Å²) in [6.45, 7) is 0. The molecule has 16 rings (SSSR count). The lowest BCUT2D eigenvalue weighted by molar-refractivity contribution is 0.893. The van der Waals surface area contributed by atoms with Gasteiger partial charge in [-0.2, -0.15) is 15.0 Å². The number of hydrogen-bond acceptors (Lipinski definition) is 3. The third-order valence-electron chi connectivity index (χ3n) is 15.4. The molecule has 7 heteroatoms. The second-order valence-electron chi connectivity index (χ2n) is 19.6. The highest BCUT2D eigenvalue weighted by molar-refractivity contribution is 6.25. The zero-order valence-corrected chi connectivity index (χ0v) is 41.0. The second-order valence-corrected chi connectivity index (χ2v) is 19.6. The van der Waals surface area contributed by atoms with Gasteiger partial charge in [0, 0.05) is 60.0 Å². The summed E-state index contributed by atoms with van der Waals surface area (Å²) in [5.74, 6) is 1.60. The summed E-state index contributed by atoms with van der Waals surface area (Å²) in [5, 5.41) is 9.09. The van der Waals surface area contributed by atoms with E-state index in [4.69, 9.17) is 15.0 Å². The first-order chi connectivity index (χ1) is 37.7. The van der Waals surface area contributed by atoms with Crippen LogP contribution in [-0.4, -0.2) is 33.2 Å². The van der Waals surface area contributed by atoms with Gasteiger partial charge in [-0.25, -0.2) is 0 Å². The molecule has 5 aromatic heterocycles. The van der Waals surface area contributed by atoms with Crippen LogP contribution in [0.3, 0.4) is 0 Å². The molecule has 0 aliphatic carbocycles. The van der Waals surface area contributed by atoms with Crippen LogP contribution in [0.5, 0.6) is 0 Å². The van der Waals surface area contributed by atoms with Crippen LogP contribution < -0.4 is 0 Å². The van der Waals surface area contributed by atoms with Gasteiger partial charge in [0.05, 0.1) is 44.1 Å². The third kappa shape index (κ3) is 6.26. The monoisotopic (exact) mass is 969 g/mol. The highest BCUT2D eigenvalue weighted by atomic mass is 15.3. The molecule has 0 atom stereocenters. The van der Waals surface area contributed by atoms with Crippen molar-refractivity contribution in [2.45, 2.75) is 0 Å². The molecule has 0 fully saturated rings. The fourth-order valence-electron chi connectivity index (χ4n) is 12.1. The highest BCUT2D eigenvalue weighted by Crippen LogP contribution is 2.44. The first-order valence-corrected chi connectivity index (χ1v) is 25.8. The maximum absolute atomic E-state index is 5.76. The fourth-order valence-corrected chi connectivity index (χ4v) is 12.1. The Morgan fingerprint density at radius 3 is 0.947 bits per heavy atom. The van der Waals surface area contributed by atoms with E-state index in [9.17, 15) is 0 Å². The number of nitrogens with zero attached hydrogens (tertiary/aromatic N) is 7. The molecular formula is C69H43N7. The Balaban J connectivity index is 1.03. The molecule has 0 spiro atoms. The van der Waals surface area contributed by atoms with E-state index < -0.39 is 0 Å². The van der Waals surface area contributed by atoms with E-state index in [1.54, 1.807) is 0 Å². The third-order valence-corrected chi connectivity index (χ3v) is 15.4. The lowest BCUT2D eigenvalue weighted by Gasteiger charge is -2.15. The van der Waals surface area contributed by atoms with Crippen molar-refractivity contribution < 1.29 is 0 Å². The number of hydrogen-bond donors (Lipinski definition) is 0. The van der Waals surface area contributed by atoms with Crippen LogP contribution >= 0.6 is 0 Å². The van der Waals surface area contributed by atoms with Crippen molar-refractivity contribution >= 4 is 87.2 Å². The molecule has 0 amide bonds. The molecule has 16 aromatic rings. The normalized spacial score (nSPS) is 11.9. The molecule has 0 aliphatic heterocycles. The van der Waals surface area contributed by atoms with Gasteiger partial charge in [0.25, 0.3) is 0 Å². The summed E-state index contributed by atoms with van der Waals surface area (Å²) in [6.07, 6.45) is 0. The van der Waals surface area contributed by atoms with Crippen LogP contribution in [-0.2, 0) is 0 Å². The maximum Gasteiger partial charge on any atom is 0.240 e. The molecule has 76 heavy (non-hydrogen) atoms. The molecule has 0 saturated heterocycles. The second kappa shape index (κ2) is 16.6. The lowest BCUT2D eigenvalue weighted by Crippen LogP contribution is -2.11. The van der Waals surface area contributed by atoms with Crippen molar-refractivity contribution in [2.24, 2.45) is 0 Å². The largest absolute Gasteiger partial charge is 0.307 e. The summed E-state index contributed by atoms with van der Waals surface area (Å²) >= 11 is 0. The average Bonchev–Trinajstić information content (AvgIpc) is 4.38.